The zero-order chi connectivity index (χ0) is 13.9. The first-order valence-corrected chi connectivity index (χ1v) is 7.54. The van der Waals surface area contributed by atoms with Crippen LogP contribution in [0.5, 0.6) is 0 Å². The van der Waals surface area contributed by atoms with E-state index < -0.39 is 6.04 Å². The number of hydrogen-bond acceptors (Lipinski definition) is 3. The molecule has 0 saturated carbocycles. The van der Waals surface area contributed by atoms with Gasteiger partial charge in [0, 0.05) is 12.6 Å². The molecule has 3 N–H and O–H groups in total. The van der Waals surface area contributed by atoms with E-state index in [-0.39, 0.29) is 5.91 Å². The van der Waals surface area contributed by atoms with E-state index in [0.29, 0.717) is 18.4 Å². The second kappa shape index (κ2) is 5.94. The second-order valence-corrected chi connectivity index (χ2v) is 6.05. The number of rotatable bonds is 4. The largest absolute Gasteiger partial charge is 0.350 e. The summed E-state index contributed by atoms with van der Waals surface area (Å²) < 4.78 is 0. The summed E-state index contributed by atoms with van der Waals surface area (Å²) in [5.41, 5.74) is 7.15. The summed E-state index contributed by atoms with van der Waals surface area (Å²) in [6.07, 6.45) is 3.02. The van der Waals surface area contributed by atoms with Crippen LogP contribution in [0.15, 0.2) is 30.3 Å². The summed E-state index contributed by atoms with van der Waals surface area (Å²) in [4.78, 5) is 14.7. The van der Waals surface area contributed by atoms with Crippen LogP contribution in [0.4, 0.5) is 0 Å². The number of nitrogens with one attached hydrogen (secondary N) is 1. The molecular weight excluding hydrogens is 250 g/mol. The molecule has 3 saturated heterocycles. The maximum absolute atomic E-state index is 12.2. The van der Waals surface area contributed by atoms with Crippen LogP contribution in [0.3, 0.4) is 0 Å². The Morgan fingerprint density at radius 3 is 2.60 bits per heavy atom. The monoisotopic (exact) mass is 273 g/mol. The third kappa shape index (κ3) is 3.02. The van der Waals surface area contributed by atoms with E-state index in [0.717, 1.165) is 12.1 Å². The Morgan fingerprint density at radius 1 is 1.30 bits per heavy atom. The number of carbonyl (C=O) groups is 1. The Hall–Kier alpha value is -1.39. The second-order valence-electron chi connectivity index (χ2n) is 6.05. The van der Waals surface area contributed by atoms with Crippen LogP contribution >= 0.6 is 0 Å². The van der Waals surface area contributed by atoms with Gasteiger partial charge in [0.15, 0.2) is 0 Å². The number of nitrogens with zero attached hydrogens (tertiary/aromatic N) is 1. The van der Waals surface area contributed by atoms with Gasteiger partial charge in [-0.3, -0.25) is 4.79 Å². The minimum Gasteiger partial charge on any atom is -0.350 e. The van der Waals surface area contributed by atoms with Crippen molar-refractivity contribution in [2.75, 3.05) is 19.6 Å². The van der Waals surface area contributed by atoms with Crippen molar-refractivity contribution >= 4 is 5.91 Å². The van der Waals surface area contributed by atoms with Crippen LogP contribution in [0.1, 0.15) is 18.4 Å². The molecule has 1 aromatic carbocycles. The van der Waals surface area contributed by atoms with Gasteiger partial charge in [0.05, 0.1) is 6.04 Å². The molecule has 20 heavy (non-hydrogen) atoms. The van der Waals surface area contributed by atoms with Crippen molar-refractivity contribution in [1.82, 2.24) is 10.2 Å². The van der Waals surface area contributed by atoms with Gasteiger partial charge in [-0.15, -0.1) is 0 Å². The predicted molar refractivity (Wildman–Crippen MR) is 79.2 cm³/mol. The quantitative estimate of drug-likeness (QED) is 0.852. The molecule has 2 bridgehead atoms. The first kappa shape index (κ1) is 13.6. The Labute approximate surface area is 120 Å². The molecule has 1 amide bonds. The Morgan fingerprint density at radius 2 is 2.00 bits per heavy atom. The van der Waals surface area contributed by atoms with Gasteiger partial charge in [-0.05, 0) is 43.8 Å². The number of carbonyl (C=O) groups excluding carboxylic acids is 1. The molecule has 3 fully saturated rings. The van der Waals surface area contributed by atoms with Gasteiger partial charge in [0.2, 0.25) is 5.91 Å². The molecule has 3 aliphatic heterocycles. The molecule has 0 radical (unpaired) electrons. The Kier molecular flexibility index (Phi) is 4.03. The first-order valence-electron chi connectivity index (χ1n) is 7.54. The van der Waals surface area contributed by atoms with Gasteiger partial charge < -0.3 is 16.0 Å². The van der Waals surface area contributed by atoms with Crippen molar-refractivity contribution in [3.05, 3.63) is 35.9 Å². The fraction of sp³-hybridized carbons (Fsp3) is 0.562. The van der Waals surface area contributed by atoms with Gasteiger partial charge in [-0.2, -0.15) is 0 Å². The number of amides is 1. The smallest absolute Gasteiger partial charge is 0.237 e. The normalized spacial score (nSPS) is 29.9. The van der Waals surface area contributed by atoms with Crippen molar-refractivity contribution < 1.29 is 4.79 Å². The predicted octanol–water partition coefficient (Wildman–Crippen LogP) is 0.767. The average Bonchev–Trinajstić information content (AvgIpc) is 2.49. The first-order chi connectivity index (χ1) is 9.72. The van der Waals surface area contributed by atoms with E-state index in [4.69, 9.17) is 5.73 Å². The lowest BCUT2D eigenvalue weighted by Crippen LogP contribution is -2.59. The Balaban J connectivity index is 1.54. The van der Waals surface area contributed by atoms with E-state index in [2.05, 4.69) is 10.2 Å². The maximum Gasteiger partial charge on any atom is 0.237 e. The van der Waals surface area contributed by atoms with Crippen molar-refractivity contribution in [2.45, 2.75) is 31.3 Å². The van der Waals surface area contributed by atoms with Crippen LogP contribution in [0.25, 0.3) is 0 Å². The van der Waals surface area contributed by atoms with Gasteiger partial charge in [0.1, 0.15) is 0 Å². The summed E-state index contributed by atoms with van der Waals surface area (Å²) in [6.45, 7) is 3.37. The highest BCUT2D eigenvalue weighted by atomic mass is 16.2. The van der Waals surface area contributed by atoms with Crippen LogP contribution in [-0.4, -0.2) is 42.5 Å². The zero-order valence-corrected chi connectivity index (χ0v) is 11.8. The molecule has 0 aliphatic carbocycles. The molecular formula is C16H23N3O. The lowest BCUT2D eigenvalue weighted by molar-refractivity contribution is -0.124. The molecule has 4 heteroatoms. The van der Waals surface area contributed by atoms with Crippen LogP contribution in [0.2, 0.25) is 0 Å². The SMILES string of the molecule is NC(Cc1ccccc1)C(=O)NC1CN2CCC1CC2. The topological polar surface area (TPSA) is 58.4 Å². The van der Waals surface area contributed by atoms with Crippen molar-refractivity contribution in [2.24, 2.45) is 11.7 Å². The molecule has 2 unspecified atom stereocenters. The Bertz CT molecular complexity index is 454. The maximum atomic E-state index is 12.2. The van der Waals surface area contributed by atoms with Gasteiger partial charge in [0.25, 0.3) is 0 Å². The molecule has 2 atom stereocenters. The standard InChI is InChI=1S/C16H23N3O/c17-14(10-12-4-2-1-3-5-12)16(20)18-15-11-19-8-6-13(15)7-9-19/h1-5,13-15H,6-11,17H2,(H,18,20). The molecule has 3 heterocycles. The third-order valence-electron chi connectivity index (χ3n) is 4.62. The lowest BCUT2D eigenvalue weighted by Gasteiger charge is -2.45. The van der Waals surface area contributed by atoms with Gasteiger partial charge in [-0.25, -0.2) is 0 Å². The number of piperidine rings is 3. The number of hydrogen-bond donors (Lipinski definition) is 2. The summed E-state index contributed by atoms with van der Waals surface area (Å²) in [7, 11) is 0. The number of benzene rings is 1. The van der Waals surface area contributed by atoms with E-state index in [1.807, 2.05) is 30.3 Å². The molecule has 108 valence electrons. The van der Waals surface area contributed by atoms with Gasteiger partial charge >= 0.3 is 0 Å². The van der Waals surface area contributed by atoms with Crippen molar-refractivity contribution in [3.63, 3.8) is 0 Å². The third-order valence-corrected chi connectivity index (χ3v) is 4.62. The summed E-state index contributed by atoms with van der Waals surface area (Å²) in [5.74, 6) is 0.639. The molecule has 1 aromatic rings. The highest BCUT2D eigenvalue weighted by molar-refractivity contribution is 5.82. The molecule has 3 aliphatic rings. The van der Waals surface area contributed by atoms with Crippen molar-refractivity contribution in [1.29, 1.82) is 0 Å². The zero-order valence-electron chi connectivity index (χ0n) is 11.8. The van der Waals surface area contributed by atoms with Gasteiger partial charge in [-0.1, -0.05) is 30.3 Å². The molecule has 4 nitrogen and oxygen atoms in total. The van der Waals surface area contributed by atoms with E-state index in [1.54, 1.807) is 0 Å². The molecule has 0 spiro atoms. The van der Waals surface area contributed by atoms with Crippen LogP contribution in [0, 0.1) is 5.92 Å². The number of nitrogens with two attached hydrogens (primary N) is 1. The average molecular weight is 273 g/mol. The molecule has 4 rings (SSSR count). The number of fused-ring (bicyclic) bond motifs is 3. The lowest BCUT2D eigenvalue weighted by atomic mass is 9.84. The van der Waals surface area contributed by atoms with E-state index in [9.17, 15) is 4.79 Å². The molecule has 0 aromatic heterocycles. The summed E-state index contributed by atoms with van der Waals surface area (Å²) >= 11 is 0. The highest BCUT2D eigenvalue weighted by Crippen LogP contribution is 2.27. The van der Waals surface area contributed by atoms with Crippen LogP contribution in [-0.2, 0) is 11.2 Å². The summed E-state index contributed by atoms with van der Waals surface area (Å²) in [5, 5.41) is 3.16. The summed E-state index contributed by atoms with van der Waals surface area (Å²) in [6, 6.07) is 9.81. The van der Waals surface area contributed by atoms with Crippen molar-refractivity contribution in [3.8, 4) is 0 Å². The highest BCUT2D eigenvalue weighted by Gasteiger charge is 2.35. The fourth-order valence-electron chi connectivity index (χ4n) is 3.38. The van der Waals surface area contributed by atoms with E-state index >= 15 is 0 Å². The van der Waals surface area contributed by atoms with E-state index in [1.165, 1.54) is 25.9 Å². The van der Waals surface area contributed by atoms with Crippen LogP contribution < -0.4 is 11.1 Å². The minimum atomic E-state index is -0.451. The fourth-order valence-corrected chi connectivity index (χ4v) is 3.38. The minimum absolute atomic E-state index is 0.00685.